The maximum absolute atomic E-state index is 5.27. The highest BCUT2D eigenvalue weighted by molar-refractivity contribution is 7.80. The Kier molecular flexibility index (Phi) is 6.11. The van der Waals surface area contributed by atoms with Crippen LogP contribution in [0.25, 0.3) is 0 Å². The van der Waals surface area contributed by atoms with E-state index in [2.05, 4.69) is 15.8 Å². The standard InChI is InChI=1S/C18H21N3OS/c1-13-6-4-5-7-17(13)19-18(23)21-20-14(2)12-15-8-10-16(22-3)11-9-15/h4-11H,12H2,1-3H3,(H2,19,21,23)/b20-14-. The van der Waals surface area contributed by atoms with Crippen molar-refractivity contribution in [2.24, 2.45) is 5.10 Å². The van der Waals surface area contributed by atoms with Crippen LogP contribution >= 0.6 is 12.2 Å². The number of thiocarbonyl (C=S) groups is 1. The van der Waals surface area contributed by atoms with Crippen molar-refractivity contribution in [3.05, 3.63) is 59.7 Å². The molecule has 0 fully saturated rings. The van der Waals surface area contributed by atoms with Crippen LogP contribution in [-0.2, 0) is 6.42 Å². The number of methoxy groups -OCH3 is 1. The second kappa shape index (κ2) is 8.29. The lowest BCUT2D eigenvalue weighted by molar-refractivity contribution is 0.414. The zero-order valence-corrected chi connectivity index (χ0v) is 14.4. The van der Waals surface area contributed by atoms with Gasteiger partial charge in [0.25, 0.3) is 0 Å². The predicted octanol–water partition coefficient (Wildman–Crippen LogP) is 3.91. The lowest BCUT2D eigenvalue weighted by Gasteiger charge is -2.10. The number of nitrogens with zero attached hydrogens (tertiary/aromatic N) is 1. The number of para-hydroxylation sites is 1. The van der Waals surface area contributed by atoms with Crippen LogP contribution in [0.1, 0.15) is 18.1 Å². The summed E-state index contributed by atoms with van der Waals surface area (Å²) < 4.78 is 5.15. The topological polar surface area (TPSA) is 45.6 Å². The molecule has 2 aromatic rings. The monoisotopic (exact) mass is 327 g/mol. The fraction of sp³-hybridized carbons (Fsp3) is 0.222. The third-order valence-electron chi connectivity index (χ3n) is 3.36. The van der Waals surface area contributed by atoms with Crippen LogP contribution in [0.5, 0.6) is 5.75 Å². The molecule has 0 atom stereocenters. The Hall–Kier alpha value is -2.40. The zero-order valence-electron chi connectivity index (χ0n) is 13.6. The second-order valence-electron chi connectivity index (χ2n) is 5.25. The molecule has 0 aliphatic carbocycles. The van der Waals surface area contributed by atoms with E-state index < -0.39 is 0 Å². The fourth-order valence-electron chi connectivity index (χ4n) is 2.09. The van der Waals surface area contributed by atoms with Gasteiger partial charge >= 0.3 is 0 Å². The van der Waals surface area contributed by atoms with Crippen molar-refractivity contribution >= 4 is 28.7 Å². The summed E-state index contributed by atoms with van der Waals surface area (Å²) in [6.07, 6.45) is 0.754. The zero-order chi connectivity index (χ0) is 16.7. The third kappa shape index (κ3) is 5.38. The highest BCUT2D eigenvalue weighted by atomic mass is 32.1. The molecule has 5 heteroatoms. The minimum atomic E-state index is 0.480. The Balaban J connectivity index is 1.88. The molecule has 2 N–H and O–H groups in total. The number of ether oxygens (including phenoxy) is 1. The van der Waals surface area contributed by atoms with Crippen LogP contribution in [0, 0.1) is 6.92 Å². The van der Waals surface area contributed by atoms with Gasteiger partial charge in [-0.2, -0.15) is 5.10 Å². The van der Waals surface area contributed by atoms with Crippen molar-refractivity contribution < 1.29 is 4.74 Å². The van der Waals surface area contributed by atoms with E-state index in [4.69, 9.17) is 17.0 Å². The molecule has 120 valence electrons. The molecule has 2 aromatic carbocycles. The summed E-state index contributed by atoms with van der Waals surface area (Å²) in [7, 11) is 1.66. The highest BCUT2D eigenvalue weighted by Crippen LogP contribution is 2.13. The molecule has 0 aliphatic rings. The minimum absolute atomic E-state index is 0.480. The molecule has 0 aromatic heterocycles. The van der Waals surface area contributed by atoms with Gasteiger partial charge in [-0.15, -0.1) is 0 Å². The van der Waals surface area contributed by atoms with Crippen molar-refractivity contribution in [1.29, 1.82) is 0 Å². The van der Waals surface area contributed by atoms with E-state index in [0.717, 1.165) is 29.1 Å². The average Bonchev–Trinajstić information content (AvgIpc) is 2.56. The van der Waals surface area contributed by atoms with E-state index >= 15 is 0 Å². The molecule has 23 heavy (non-hydrogen) atoms. The normalized spacial score (nSPS) is 11.0. The molecule has 0 heterocycles. The first-order chi connectivity index (χ1) is 11.1. The van der Waals surface area contributed by atoms with Crippen LogP contribution in [-0.4, -0.2) is 17.9 Å². The van der Waals surface area contributed by atoms with Crippen LogP contribution in [0.15, 0.2) is 53.6 Å². The van der Waals surface area contributed by atoms with E-state index in [1.54, 1.807) is 7.11 Å². The molecule has 0 bridgehead atoms. The Morgan fingerprint density at radius 2 is 1.83 bits per heavy atom. The van der Waals surface area contributed by atoms with Gasteiger partial charge in [0, 0.05) is 17.8 Å². The van der Waals surface area contributed by atoms with Crippen molar-refractivity contribution in [2.75, 3.05) is 12.4 Å². The van der Waals surface area contributed by atoms with Crippen molar-refractivity contribution in [3.8, 4) is 5.75 Å². The van der Waals surface area contributed by atoms with E-state index in [0.29, 0.717) is 5.11 Å². The van der Waals surface area contributed by atoms with Crippen LogP contribution in [0.2, 0.25) is 0 Å². The summed E-state index contributed by atoms with van der Waals surface area (Å²) >= 11 is 5.27. The van der Waals surface area contributed by atoms with Crippen LogP contribution < -0.4 is 15.5 Å². The molecule has 0 aliphatic heterocycles. The average molecular weight is 327 g/mol. The summed E-state index contributed by atoms with van der Waals surface area (Å²) in [4.78, 5) is 0. The van der Waals surface area contributed by atoms with Crippen molar-refractivity contribution in [2.45, 2.75) is 20.3 Å². The van der Waals surface area contributed by atoms with Crippen molar-refractivity contribution in [3.63, 3.8) is 0 Å². The minimum Gasteiger partial charge on any atom is -0.497 e. The molecule has 0 radical (unpaired) electrons. The first-order valence-corrected chi connectivity index (χ1v) is 7.78. The number of nitrogens with one attached hydrogen (secondary N) is 2. The summed E-state index contributed by atoms with van der Waals surface area (Å²) in [5, 5.41) is 7.94. The molecule has 4 nitrogen and oxygen atoms in total. The van der Waals surface area contributed by atoms with Crippen LogP contribution in [0.3, 0.4) is 0 Å². The second-order valence-corrected chi connectivity index (χ2v) is 5.66. The van der Waals surface area contributed by atoms with Gasteiger partial charge in [0.2, 0.25) is 0 Å². The molecule has 0 saturated carbocycles. The molecular weight excluding hydrogens is 306 g/mol. The highest BCUT2D eigenvalue weighted by Gasteiger charge is 2.01. The van der Waals surface area contributed by atoms with E-state index in [1.165, 1.54) is 5.56 Å². The summed E-state index contributed by atoms with van der Waals surface area (Å²) in [6.45, 7) is 4.00. The summed E-state index contributed by atoms with van der Waals surface area (Å²) in [5.74, 6) is 0.852. The first kappa shape index (κ1) is 17.0. The number of hydrogen-bond donors (Lipinski definition) is 2. The SMILES string of the molecule is COc1ccc(C/C(C)=N\NC(=S)Nc2ccccc2C)cc1. The molecule has 0 saturated heterocycles. The smallest absolute Gasteiger partial charge is 0.191 e. The Morgan fingerprint density at radius 3 is 2.48 bits per heavy atom. The third-order valence-corrected chi connectivity index (χ3v) is 3.55. The number of rotatable bonds is 5. The van der Waals surface area contributed by atoms with Gasteiger partial charge in [-0.1, -0.05) is 30.3 Å². The lowest BCUT2D eigenvalue weighted by Crippen LogP contribution is -2.25. The van der Waals surface area contributed by atoms with Crippen LogP contribution in [0.4, 0.5) is 5.69 Å². The number of benzene rings is 2. The Morgan fingerprint density at radius 1 is 1.13 bits per heavy atom. The molecule has 0 unspecified atom stereocenters. The summed E-state index contributed by atoms with van der Waals surface area (Å²) in [5.41, 5.74) is 7.12. The van der Waals surface area contributed by atoms with Gasteiger partial charge in [-0.05, 0) is 55.4 Å². The van der Waals surface area contributed by atoms with E-state index in [9.17, 15) is 0 Å². The van der Waals surface area contributed by atoms with Gasteiger partial charge in [0.05, 0.1) is 7.11 Å². The molecule has 2 rings (SSSR count). The van der Waals surface area contributed by atoms with Gasteiger partial charge in [0.15, 0.2) is 5.11 Å². The molecule has 0 amide bonds. The van der Waals surface area contributed by atoms with Gasteiger partial charge < -0.3 is 10.1 Å². The van der Waals surface area contributed by atoms with Gasteiger partial charge in [-0.25, -0.2) is 0 Å². The number of hydrazone groups is 1. The lowest BCUT2D eigenvalue weighted by atomic mass is 10.1. The van der Waals surface area contributed by atoms with Crippen molar-refractivity contribution in [1.82, 2.24) is 5.43 Å². The number of aryl methyl sites for hydroxylation is 1. The Bertz CT molecular complexity index is 696. The quantitative estimate of drug-likeness (QED) is 0.496. The predicted molar refractivity (Wildman–Crippen MR) is 100 cm³/mol. The Labute approximate surface area is 142 Å². The fourth-order valence-corrected chi connectivity index (χ4v) is 2.24. The summed E-state index contributed by atoms with van der Waals surface area (Å²) in [6, 6.07) is 15.9. The first-order valence-electron chi connectivity index (χ1n) is 7.37. The number of hydrogen-bond acceptors (Lipinski definition) is 3. The molecule has 0 spiro atoms. The maximum Gasteiger partial charge on any atom is 0.191 e. The van der Waals surface area contributed by atoms with E-state index in [-0.39, 0.29) is 0 Å². The van der Waals surface area contributed by atoms with E-state index in [1.807, 2.05) is 62.4 Å². The van der Waals surface area contributed by atoms with Gasteiger partial charge in [0.1, 0.15) is 5.75 Å². The molecular formula is C18H21N3OS. The maximum atomic E-state index is 5.27. The largest absolute Gasteiger partial charge is 0.497 e. The number of anilines is 1. The van der Waals surface area contributed by atoms with Gasteiger partial charge in [-0.3, -0.25) is 5.43 Å².